The van der Waals surface area contributed by atoms with Gasteiger partial charge in [-0.05, 0) is 12.0 Å². The lowest BCUT2D eigenvalue weighted by Crippen LogP contribution is -1.91. The lowest BCUT2D eigenvalue weighted by Gasteiger charge is -2.01. The molecule has 0 bridgehead atoms. The molecule has 0 radical (unpaired) electrons. The molecule has 0 saturated carbocycles. The van der Waals surface area contributed by atoms with E-state index < -0.39 is 0 Å². The third kappa shape index (κ3) is 1.53. The van der Waals surface area contributed by atoms with E-state index in [4.69, 9.17) is 0 Å². The van der Waals surface area contributed by atoms with E-state index in [1.54, 1.807) is 6.33 Å². The normalized spacial score (nSPS) is 10.4. The molecule has 2 rings (SSSR count). The van der Waals surface area contributed by atoms with Crippen molar-refractivity contribution < 1.29 is 0 Å². The highest BCUT2D eigenvalue weighted by atomic mass is 15.2. The van der Waals surface area contributed by atoms with Crippen molar-refractivity contribution in [2.45, 2.75) is 13.3 Å². The first-order chi connectivity index (χ1) is 6.81. The van der Waals surface area contributed by atoms with Crippen molar-refractivity contribution in [2.75, 3.05) is 0 Å². The standard InChI is InChI=1S/C11H13N3/c1-3-9-4-6-10(7-5-9)11-13-12-8-14(11)2/h4-8H,3H2,1-2H3. The van der Waals surface area contributed by atoms with Crippen LogP contribution >= 0.6 is 0 Å². The van der Waals surface area contributed by atoms with Crippen molar-refractivity contribution in [3.05, 3.63) is 36.2 Å². The van der Waals surface area contributed by atoms with E-state index >= 15 is 0 Å². The van der Waals surface area contributed by atoms with Gasteiger partial charge in [-0.2, -0.15) is 0 Å². The van der Waals surface area contributed by atoms with Gasteiger partial charge in [-0.15, -0.1) is 10.2 Å². The van der Waals surface area contributed by atoms with Crippen LogP contribution in [0, 0.1) is 0 Å². The zero-order chi connectivity index (χ0) is 9.97. The van der Waals surface area contributed by atoms with Crippen molar-refractivity contribution in [3.8, 4) is 11.4 Å². The smallest absolute Gasteiger partial charge is 0.163 e. The predicted molar refractivity (Wildman–Crippen MR) is 55.8 cm³/mol. The molecular formula is C11H13N3. The van der Waals surface area contributed by atoms with E-state index in [0.29, 0.717) is 0 Å². The molecular weight excluding hydrogens is 174 g/mol. The molecule has 0 aliphatic rings. The molecule has 0 unspecified atom stereocenters. The summed E-state index contributed by atoms with van der Waals surface area (Å²) in [6, 6.07) is 8.43. The van der Waals surface area contributed by atoms with Crippen molar-refractivity contribution in [2.24, 2.45) is 7.05 Å². The third-order valence-electron chi connectivity index (χ3n) is 2.33. The molecule has 0 aliphatic heterocycles. The molecule has 3 nitrogen and oxygen atoms in total. The van der Waals surface area contributed by atoms with Gasteiger partial charge in [-0.1, -0.05) is 31.2 Å². The van der Waals surface area contributed by atoms with Crippen LogP contribution in [0.5, 0.6) is 0 Å². The van der Waals surface area contributed by atoms with Gasteiger partial charge in [-0.3, -0.25) is 0 Å². The summed E-state index contributed by atoms with van der Waals surface area (Å²) in [6.45, 7) is 2.15. The van der Waals surface area contributed by atoms with Gasteiger partial charge in [0.25, 0.3) is 0 Å². The van der Waals surface area contributed by atoms with E-state index in [1.165, 1.54) is 5.56 Å². The van der Waals surface area contributed by atoms with Crippen molar-refractivity contribution in [3.63, 3.8) is 0 Å². The van der Waals surface area contributed by atoms with Gasteiger partial charge >= 0.3 is 0 Å². The highest BCUT2D eigenvalue weighted by Crippen LogP contribution is 2.16. The molecule has 2 aromatic rings. The van der Waals surface area contributed by atoms with Crippen LogP contribution in [-0.4, -0.2) is 14.8 Å². The molecule has 1 heterocycles. The summed E-state index contributed by atoms with van der Waals surface area (Å²) in [4.78, 5) is 0. The number of benzene rings is 1. The average molecular weight is 187 g/mol. The van der Waals surface area contributed by atoms with Gasteiger partial charge in [0, 0.05) is 12.6 Å². The monoisotopic (exact) mass is 187 g/mol. The number of hydrogen-bond donors (Lipinski definition) is 0. The lowest BCUT2D eigenvalue weighted by molar-refractivity contribution is 0.919. The third-order valence-corrected chi connectivity index (χ3v) is 2.33. The summed E-state index contributed by atoms with van der Waals surface area (Å²) in [6.07, 6.45) is 2.78. The highest BCUT2D eigenvalue weighted by Gasteiger charge is 2.02. The summed E-state index contributed by atoms with van der Waals surface area (Å²) in [5, 5.41) is 7.91. The van der Waals surface area contributed by atoms with Crippen LogP contribution in [0.2, 0.25) is 0 Å². The highest BCUT2D eigenvalue weighted by molar-refractivity contribution is 5.55. The Bertz CT molecular complexity index is 414. The molecule has 0 fully saturated rings. The van der Waals surface area contributed by atoms with Crippen LogP contribution in [-0.2, 0) is 13.5 Å². The SMILES string of the molecule is CCc1ccc(-c2nncn2C)cc1. The maximum absolute atomic E-state index is 4.05. The zero-order valence-corrected chi connectivity index (χ0v) is 8.44. The minimum Gasteiger partial charge on any atom is -0.317 e. The molecule has 14 heavy (non-hydrogen) atoms. The Morgan fingerprint density at radius 2 is 1.93 bits per heavy atom. The summed E-state index contributed by atoms with van der Waals surface area (Å²) in [5.74, 6) is 0.910. The van der Waals surface area contributed by atoms with Gasteiger partial charge in [0.15, 0.2) is 5.82 Å². The fraction of sp³-hybridized carbons (Fsp3) is 0.273. The minimum atomic E-state index is 0.910. The number of aromatic nitrogens is 3. The van der Waals surface area contributed by atoms with E-state index in [-0.39, 0.29) is 0 Å². The average Bonchev–Trinajstić information content (AvgIpc) is 2.65. The van der Waals surface area contributed by atoms with Crippen LogP contribution in [0.3, 0.4) is 0 Å². The summed E-state index contributed by atoms with van der Waals surface area (Å²) in [7, 11) is 1.95. The van der Waals surface area contributed by atoms with Crippen LogP contribution in [0.1, 0.15) is 12.5 Å². The van der Waals surface area contributed by atoms with E-state index in [2.05, 4.69) is 41.4 Å². The van der Waals surface area contributed by atoms with Crippen molar-refractivity contribution >= 4 is 0 Å². The molecule has 0 aliphatic carbocycles. The van der Waals surface area contributed by atoms with E-state index in [1.807, 2.05) is 11.6 Å². The first-order valence-corrected chi connectivity index (χ1v) is 4.74. The fourth-order valence-electron chi connectivity index (χ4n) is 1.43. The number of aryl methyl sites for hydroxylation is 2. The Morgan fingerprint density at radius 1 is 1.21 bits per heavy atom. The molecule has 0 saturated heterocycles. The predicted octanol–water partition coefficient (Wildman–Crippen LogP) is 2.04. The number of rotatable bonds is 2. The Kier molecular flexibility index (Phi) is 2.31. The molecule has 3 heteroatoms. The summed E-state index contributed by atoms with van der Waals surface area (Å²) < 4.78 is 1.92. The van der Waals surface area contributed by atoms with Gasteiger partial charge in [0.1, 0.15) is 6.33 Å². The quantitative estimate of drug-likeness (QED) is 0.720. The van der Waals surface area contributed by atoms with Gasteiger partial charge < -0.3 is 4.57 Å². The Morgan fingerprint density at radius 3 is 2.43 bits per heavy atom. The van der Waals surface area contributed by atoms with E-state index in [9.17, 15) is 0 Å². The molecule has 72 valence electrons. The Labute approximate surface area is 83.4 Å². The summed E-state index contributed by atoms with van der Waals surface area (Å²) >= 11 is 0. The number of hydrogen-bond acceptors (Lipinski definition) is 2. The minimum absolute atomic E-state index is 0.910. The number of nitrogens with zero attached hydrogens (tertiary/aromatic N) is 3. The van der Waals surface area contributed by atoms with Crippen LogP contribution in [0.15, 0.2) is 30.6 Å². The first kappa shape index (κ1) is 8.94. The molecule has 0 atom stereocenters. The summed E-state index contributed by atoms with van der Waals surface area (Å²) in [5.41, 5.74) is 2.46. The molecule has 1 aromatic carbocycles. The van der Waals surface area contributed by atoms with E-state index in [0.717, 1.165) is 17.8 Å². The second-order valence-corrected chi connectivity index (χ2v) is 3.32. The second-order valence-electron chi connectivity index (χ2n) is 3.32. The second kappa shape index (κ2) is 3.62. The maximum atomic E-state index is 4.05. The fourth-order valence-corrected chi connectivity index (χ4v) is 1.43. The maximum Gasteiger partial charge on any atom is 0.163 e. The lowest BCUT2D eigenvalue weighted by atomic mass is 10.1. The van der Waals surface area contributed by atoms with Gasteiger partial charge in [0.2, 0.25) is 0 Å². The van der Waals surface area contributed by atoms with Gasteiger partial charge in [-0.25, -0.2) is 0 Å². The van der Waals surface area contributed by atoms with Gasteiger partial charge in [0.05, 0.1) is 0 Å². The van der Waals surface area contributed by atoms with Crippen molar-refractivity contribution in [1.29, 1.82) is 0 Å². The molecule has 1 aromatic heterocycles. The zero-order valence-electron chi connectivity index (χ0n) is 8.44. The Balaban J connectivity index is 2.39. The van der Waals surface area contributed by atoms with Crippen LogP contribution < -0.4 is 0 Å². The topological polar surface area (TPSA) is 30.7 Å². The van der Waals surface area contributed by atoms with Crippen LogP contribution in [0.25, 0.3) is 11.4 Å². The first-order valence-electron chi connectivity index (χ1n) is 4.74. The molecule has 0 spiro atoms. The molecule has 0 amide bonds. The van der Waals surface area contributed by atoms with Crippen LogP contribution in [0.4, 0.5) is 0 Å². The Hall–Kier alpha value is -1.64. The molecule has 0 N–H and O–H groups in total. The van der Waals surface area contributed by atoms with Crippen molar-refractivity contribution in [1.82, 2.24) is 14.8 Å². The largest absolute Gasteiger partial charge is 0.317 e.